The summed E-state index contributed by atoms with van der Waals surface area (Å²) >= 11 is 16.9. The first kappa shape index (κ1) is 20.1. The van der Waals surface area contributed by atoms with Crippen molar-refractivity contribution in [2.45, 2.75) is 6.92 Å². The van der Waals surface area contributed by atoms with Crippen molar-refractivity contribution in [3.05, 3.63) is 58.6 Å². The van der Waals surface area contributed by atoms with Crippen LogP contribution >= 0.6 is 34.8 Å². The lowest BCUT2D eigenvalue weighted by molar-refractivity contribution is -0.134. The van der Waals surface area contributed by atoms with E-state index in [4.69, 9.17) is 40.5 Å². The molecule has 24 heavy (non-hydrogen) atoms. The van der Waals surface area contributed by atoms with Crippen molar-refractivity contribution in [3.8, 4) is 0 Å². The number of carbonyl (C=O) groups is 1. The topological polar surface area (TPSA) is 76.7 Å². The van der Waals surface area contributed by atoms with Gasteiger partial charge in [0.1, 0.15) is 0 Å². The minimum atomic E-state index is -0.668. The van der Waals surface area contributed by atoms with Gasteiger partial charge in [-0.05, 0) is 43.3 Å². The van der Waals surface area contributed by atoms with Gasteiger partial charge < -0.3 is 10.5 Å². The Kier molecular flexibility index (Phi) is 9.01. The second kappa shape index (κ2) is 10.8. The quantitative estimate of drug-likeness (QED) is 0.342. The fourth-order valence-corrected chi connectivity index (χ4v) is 1.90. The maximum atomic E-state index is 11.1. The van der Waals surface area contributed by atoms with Crippen molar-refractivity contribution in [1.29, 1.82) is 0 Å². The highest BCUT2D eigenvalue weighted by Gasteiger charge is 2.08. The zero-order valence-corrected chi connectivity index (χ0v) is 15.1. The standard InChI is InChI=1S/C10H10Cl2N2O2.C6H6ClN/c1-2-16-10(15)9(12)14-13-8-5-3-4-7(11)6-8;7-5-2-1-3-6(8)4-5/h3-6,13H,2H2,1H3;1-4H,8H2/b14-9-;. The minimum Gasteiger partial charge on any atom is -0.461 e. The van der Waals surface area contributed by atoms with Crippen LogP contribution < -0.4 is 11.2 Å². The van der Waals surface area contributed by atoms with Gasteiger partial charge in [-0.25, -0.2) is 4.79 Å². The number of hydrazone groups is 1. The SMILES string of the molecule is CCOC(=O)/C(Cl)=N/Nc1cccc(Cl)c1.Nc1cccc(Cl)c1. The Bertz CT molecular complexity index is 691. The fraction of sp³-hybridized carbons (Fsp3) is 0.125. The molecule has 3 N–H and O–H groups in total. The van der Waals surface area contributed by atoms with Crippen molar-refractivity contribution < 1.29 is 9.53 Å². The molecule has 0 aliphatic rings. The number of carbonyl (C=O) groups excluding carboxylic acids is 1. The monoisotopic (exact) mass is 387 g/mol. The molecule has 8 heteroatoms. The van der Waals surface area contributed by atoms with Crippen molar-refractivity contribution in [2.24, 2.45) is 5.10 Å². The third-order valence-electron chi connectivity index (χ3n) is 2.40. The van der Waals surface area contributed by atoms with E-state index in [1.165, 1.54) is 0 Å². The third-order valence-corrected chi connectivity index (χ3v) is 3.11. The minimum absolute atomic E-state index is 0.252. The van der Waals surface area contributed by atoms with Crippen LogP contribution in [0.15, 0.2) is 53.6 Å². The Morgan fingerprint density at radius 2 is 1.79 bits per heavy atom. The number of nitrogens with two attached hydrogens (primary N) is 1. The lowest BCUT2D eigenvalue weighted by Crippen LogP contribution is -2.13. The van der Waals surface area contributed by atoms with E-state index < -0.39 is 5.97 Å². The van der Waals surface area contributed by atoms with Crippen LogP contribution in [0.5, 0.6) is 0 Å². The average molecular weight is 389 g/mol. The van der Waals surface area contributed by atoms with Crippen LogP contribution in [0.2, 0.25) is 10.0 Å². The van der Waals surface area contributed by atoms with Crippen molar-refractivity contribution >= 4 is 57.3 Å². The Hall–Kier alpha value is -1.95. The molecule has 5 nitrogen and oxygen atoms in total. The Morgan fingerprint density at radius 3 is 2.29 bits per heavy atom. The van der Waals surface area contributed by atoms with Crippen LogP contribution in [0.4, 0.5) is 11.4 Å². The van der Waals surface area contributed by atoms with Gasteiger partial charge in [0.05, 0.1) is 12.3 Å². The van der Waals surface area contributed by atoms with Gasteiger partial charge in [0.2, 0.25) is 5.17 Å². The summed E-state index contributed by atoms with van der Waals surface area (Å²) in [5, 5.41) is 4.64. The molecule has 0 aromatic heterocycles. The van der Waals surface area contributed by atoms with Gasteiger partial charge in [0.25, 0.3) is 0 Å². The van der Waals surface area contributed by atoms with Crippen LogP contribution in [0, 0.1) is 0 Å². The second-order valence-electron chi connectivity index (χ2n) is 4.30. The number of halogens is 3. The molecule has 0 amide bonds. The summed E-state index contributed by atoms with van der Waals surface area (Å²) in [5.41, 5.74) is 9.31. The van der Waals surface area contributed by atoms with E-state index in [0.717, 1.165) is 0 Å². The molecular weight excluding hydrogens is 373 g/mol. The Morgan fingerprint density at radius 1 is 1.17 bits per heavy atom. The molecule has 0 unspecified atom stereocenters. The van der Waals surface area contributed by atoms with E-state index in [1.807, 2.05) is 6.07 Å². The number of nitrogens with zero attached hydrogens (tertiary/aromatic N) is 1. The smallest absolute Gasteiger partial charge is 0.370 e. The molecule has 0 bridgehead atoms. The van der Waals surface area contributed by atoms with Gasteiger partial charge in [-0.2, -0.15) is 5.10 Å². The van der Waals surface area contributed by atoms with Crippen molar-refractivity contribution in [2.75, 3.05) is 17.8 Å². The first-order valence-corrected chi connectivity index (χ1v) is 7.98. The van der Waals surface area contributed by atoms with E-state index in [1.54, 1.807) is 49.4 Å². The Balaban J connectivity index is 0.000000300. The summed E-state index contributed by atoms with van der Waals surface area (Å²) in [4.78, 5) is 11.1. The Labute approximate surface area is 155 Å². The van der Waals surface area contributed by atoms with E-state index in [-0.39, 0.29) is 11.8 Å². The van der Waals surface area contributed by atoms with E-state index >= 15 is 0 Å². The number of hydrogen-bond acceptors (Lipinski definition) is 5. The number of nitrogens with one attached hydrogen (secondary N) is 1. The van der Waals surface area contributed by atoms with Crippen molar-refractivity contribution in [3.63, 3.8) is 0 Å². The highest BCUT2D eigenvalue weighted by Crippen LogP contribution is 2.14. The number of esters is 1. The molecule has 0 fully saturated rings. The molecule has 0 spiro atoms. The van der Waals surface area contributed by atoms with Crippen LogP contribution in [0.3, 0.4) is 0 Å². The van der Waals surface area contributed by atoms with E-state index in [2.05, 4.69) is 15.3 Å². The summed E-state index contributed by atoms with van der Waals surface area (Å²) in [6, 6.07) is 14.0. The number of rotatable bonds is 4. The lowest BCUT2D eigenvalue weighted by atomic mass is 10.3. The summed E-state index contributed by atoms with van der Waals surface area (Å²) in [7, 11) is 0. The third kappa shape index (κ3) is 8.06. The molecule has 0 radical (unpaired) electrons. The van der Waals surface area contributed by atoms with Crippen LogP contribution in [-0.2, 0) is 9.53 Å². The van der Waals surface area contributed by atoms with Gasteiger partial charge in [0.15, 0.2) is 0 Å². The molecule has 2 aromatic rings. The highest BCUT2D eigenvalue weighted by molar-refractivity contribution is 6.82. The molecule has 2 aromatic carbocycles. The molecule has 0 atom stereocenters. The fourth-order valence-electron chi connectivity index (χ4n) is 1.41. The zero-order valence-electron chi connectivity index (χ0n) is 12.8. The normalized spacial score (nSPS) is 10.4. The van der Waals surface area contributed by atoms with Gasteiger partial charge in [-0.15, -0.1) is 0 Å². The zero-order chi connectivity index (χ0) is 17.9. The number of ether oxygens (including phenoxy) is 1. The first-order chi connectivity index (χ1) is 11.4. The molecule has 0 saturated heterocycles. The van der Waals surface area contributed by atoms with Crippen LogP contribution in [0.25, 0.3) is 0 Å². The molecule has 2 rings (SSSR count). The number of nitrogen functional groups attached to an aromatic ring is 1. The van der Waals surface area contributed by atoms with Crippen molar-refractivity contribution in [1.82, 2.24) is 0 Å². The number of anilines is 2. The van der Waals surface area contributed by atoms with Crippen LogP contribution in [-0.4, -0.2) is 17.7 Å². The van der Waals surface area contributed by atoms with E-state index in [0.29, 0.717) is 21.4 Å². The molecule has 0 aliphatic heterocycles. The van der Waals surface area contributed by atoms with Gasteiger partial charge in [0, 0.05) is 15.7 Å². The molecule has 0 heterocycles. The predicted molar refractivity (Wildman–Crippen MR) is 101 cm³/mol. The highest BCUT2D eigenvalue weighted by atomic mass is 35.5. The summed E-state index contributed by atoms with van der Waals surface area (Å²) in [6.45, 7) is 1.94. The molecule has 0 saturated carbocycles. The van der Waals surface area contributed by atoms with Gasteiger partial charge in [-0.1, -0.05) is 46.9 Å². The lowest BCUT2D eigenvalue weighted by Gasteiger charge is -2.02. The largest absolute Gasteiger partial charge is 0.461 e. The predicted octanol–water partition coefficient (Wildman–Crippen LogP) is 4.79. The second-order valence-corrected chi connectivity index (χ2v) is 5.53. The molecule has 0 aliphatic carbocycles. The summed E-state index contributed by atoms with van der Waals surface area (Å²) < 4.78 is 4.65. The average Bonchev–Trinajstić information content (AvgIpc) is 2.53. The molecular formula is C16H16Cl3N3O2. The maximum absolute atomic E-state index is 11.1. The van der Waals surface area contributed by atoms with E-state index in [9.17, 15) is 4.79 Å². The number of hydrogen-bond donors (Lipinski definition) is 2. The van der Waals surface area contributed by atoms with Crippen LogP contribution in [0.1, 0.15) is 6.92 Å². The van der Waals surface area contributed by atoms with Gasteiger partial charge in [-0.3, -0.25) is 5.43 Å². The molecule has 128 valence electrons. The summed E-state index contributed by atoms with van der Waals surface area (Å²) in [5.74, 6) is -0.668. The first-order valence-electron chi connectivity index (χ1n) is 6.85. The van der Waals surface area contributed by atoms with Gasteiger partial charge >= 0.3 is 5.97 Å². The number of benzene rings is 2. The maximum Gasteiger partial charge on any atom is 0.370 e. The summed E-state index contributed by atoms with van der Waals surface area (Å²) in [6.07, 6.45) is 0.